The van der Waals surface area contributed by atoms with Crippen molar-refractivity contribution in [3.05, 3.63) is 235 Å². The van der Waals surface area contributed by atoms with Crippen LogP contribution in [0.5, 0.6) is 0 Å². The minimum atomic E-state index is -3.03. The number of anilines is 3. The van der Waals surface area contributed by atoms with Crippen molar-refractivity contribution in [1.29, 1.82) is 0 Å². The average molecular weight is 1010 g/mol. The molecule has 5 heteroatoms. The summed E-state index contributed by atoms with van der Waals surface area (Å²) in [5.74, 6) is 1.87. The van der Waals surface area contributed by atoms with Crippen molar-refractivity contribution in [1.82, 2.24) is 4.98 Å². The summed E-state index contributed by atoms with van der Waals surface area (Å²) >= 11 is 0. The monoisotopic (exact) mass is 1010 g/mol. The van der Waals surface area contributed by atoms with Crippen LogP contribution in [-0.4, -0.2) is 4.98 Å². The summed E-state index contributed by atoms with van der Waals surface area (Å²) < 4.78 is 14.6. The van der Waals surface area contributed by atoms with Gasteiger partial charge in [0.25, 0.3) is 0 Å². The number of pyridine rings is 1. The summed E-state index contributed by atoms with van der Waals surface area (Å²) in [5.41, 5.74) is 10.3. The zero-order valence-corrected chi connectivity index (χ0v) is 39.2. The number of hydrogen-bond donors (Lipinski definition) is 0. The molecule has 0 N–H and O–H groups in total. The van der Waals surface area contributed by atoms with Gasteiger partial charge in [-0.15, -0.1) is 82.9 Å². The van der Waals surface area contributed by atoms with Gasteiger partial charge in [0.2, 0.25) is 0 Å². The number of aromatic nitrogens is 1. The molecule has 0 aliphatic heterocycles. The quantitative estimate of drug-likeness (QED) is 0.0821. The van der Waals surface area contributed by atoms with Gasteiger partial charge < -0.3 is 14.4 Å². The van der Waals surface area contributed by atoms with Crippen LogP contribution in [0, 0.1) is 18.2 Å². The molecule has 3 nitrogen and oxygen atoms in total. The summed E-state index contributed by atoms with van der Waals surface area (Å²) in [6.07, 6.45) is 1.97. The second kappa shape index (κ2) is 20.4. The second-order valence-corrected chi connectivity index (χ2v) is 19.7. The molecule has 0 saturated heterocycles. The summed E-state index contributed by atoms with van der Waals surface area (Å²) in [6, 6.07) is 74.9. The molecule has 1 aromatic heterocycles. The van der Waals surface area contributed by atoms with E-state index >= 15 is 0 Å². The standard InChI is InChI=1S/C39H38NOP.C18H14N.Au/c1-38(2,3)32-21-17-30(18-22-32)36-27-29(28-37(40-36)31-19-23-33(24-20-31)39(4,5)6)25-26-42(41,34-13-9-7-10-14-34)35-15-11-8-12-16-35;1-4-10-16(11-5-1)19(17-12-6-2-7-13-17)18-14-8-3-9-15-18;/h7-17,19,21-28H,1-6H3;1-2,4-15H;/q-2;-1;+3/b26-25+;;. The van der Waals surface area contributed by atoms with Crippen LogP contribution in [0.2, 0.25) is 0 Å². The minimum absolute atomic E-state index is 0. The van der Waals surface area contributed by atoms with E-state index in [2.05, 4.69) is 162 Å². The van der Waals surface area contributed by atoms with Crippen LogP contribution in [0.3, 0.4) is 0 Å². The van der Waals surface area contributed by atoms with Crippen molar-refractivity contribution in [3.8, 4) is 22.5 Å². The number of rotatable bonds is 9. The van der Waals surface area contributed by atoms with Gasteiger partial charge in [0.15, 0.2) is 7.14 Å². The molecular weight excluding hydrogens is 957 g/mol. The van der Waals surface area contributed by atoms with E-state index in [1.165, 1.54) is 11.1 Å². The molecule has 0 radical (unpaired) electrons. The van der Waals surface area contributed by atoms with Crippen LogP contribution in [0.15, 0.2) is 200 Å². The Morgan fingerprint density at radius 2 is 0.903 bits per heavy atom. The van der Waals surface area contributed by atoms with E-state index in [9.17, 15) is 4.57 Å². The van der Waals surface area contributed by atoms with Gasteiger partial charge in [-0.1, -0.05) is 163 Å². The Morgan fingerprint density at radius 3 is 1.27 bits per heavy atom. The van der Waals surface area contributed by atoms with E-state index in [0.717, 1.165) is 55.7 Å². The Hall–Kier alpha value is -5.80. The van der Waals surface area contributed by atoms with Crippen molar-refractivity contribution < 1.29 is 26.9 Å². The first kappa shape index (κ1) is 45.7. The molecule has 8 aromatic rings. The average Bonchev–Trinajstić information content (AvgIpc) is 3.29. The molecule has 0 atom stereocenters. The predicted molar refractivity (Wildman–Crippen MR) is 259 cm³/mol. The van der Waals surface area contributed by atoms with Crippen molar-refractivity contribution in [3.63, 3.8) is 0 Å². The second-order valence-electron chi connectivity index (χ2n) is 17.1. The molecule has 312 valence electrons. The Balaban J connectivity index is 0.000000267. The molecule has 8 rings (SSSR count). The van der Waals surface area contributed by atoms with Crippen LogP contribution in [0.1, 0.15) is 58.2 Å². The van der Waals surface area contributed by atoms with E-state index in [1.54, 1.807) is 0 Å². The van der Waals surface area contributed by atoms with E-state index in [4.69, 9.17) is 4.98 Å². The minimum Gasteiger partial charge on any atom is -0.345 e. The maximum atomic E-state index is 14.6. The van der Waals surface area contributed by atoms with Crippen LogP contribution in [0.4, 0.5) is 17.1 Å². The molecule has 0 bridgehead atoms. The number of benzene rings is 7. The SMILES string of the molecule is CC(C)(C)c1c[c-]c(-c2cc(/C=C/P(=O)(c3ccccc3)c3ccccc3)cc(-c3[c-]cc(C(C)(C)C)cc3)n2)cc1.[Au+3].[c-]1ccc(N(c2ccccc2)c2ccccc2)cc1. The van der Waals surface area contributed by atoms with Crippen LogP contribution in [0.25, 0.3) is 28.6 Å². The van der Waals surface area contributed by atoms with Gasteiger partial charge in [0.1, 0.15) is 0 Å². The fraction of sp³-hybridized carbons (Fsp3) is 0.140. The van der Waals surface area contributed by atoms with E-state index in [1.807, 2.05) is 109 Å². The summed E-state index contributed by atoms with van der Waals surface area (Å²) in [7, 11) is -3.03. The van der Waals surface area contributed by atoms with E-state index < -0.39 is 7.14 Å². The Morgan fingerprint density at radius 1 is 0.516 bits per heavy atom. The molecule has 1 heterocycles. The van der Waals surface area contributed by atoms with Gasteiger partial charge in [0, 0.05) is 22.0 Å². The smallest absolute Gasteiger partial charge is 0.345 e. The normalized spacial score (nSPS) is 11.6. The first-order chi connectivity index (χ1) is 29.4. The third kappa shape index (κ3) is 11.4. The molecule has 0 aliphatic rings. The topological polar surface area (TPSA) is 33.2 Å². The molecule has 62 heavy (non-hydrogen) atoms. The molecule has 0 fully saturated rings. The van der Waals surface area contributed by atoms with Crippen LogP contribution >= 0.6 is 7.14 Å². The molecule has 0 amide bonds. The number of para-hydroxylation sites is 2. The van der Waals surface area contributed by atoms with Crippen LogP contribution < -0.4 is 15.5 Å². The first-order valence-corrected chi connectivity index (χ1v) is 22.5. The van der Waals surface area contributed by atoms with Crippen molar-refractivity contribution in [2.45, 2.75) is 52.4 Å². The van der Waals surface area contributed by atoms with Crippen molar-refractivity contribution in [2.75, 3.05) is 4.90 Å². The van der Waals surface area contributed by atoms with Crippen LogP contribution in [-0.2, 0) is 37.8 Å². The van der Waals surface area contributed by atoms with Gasteiger partial charge in [-0.3, -0.25) is 0 Å². The molecular formula is C57H52AuN2OP. The summed E-state index contributed by atoms with van der Waals surface area (Å²) in [6.45, 7) is 13.2. The number of hydrogen-bond acceptors (Lipinski definition) is 3. The van der Waals surface area contributed by atoms with Gasteiger partial charge in [-0.2, -0.15) is 18.2 Å². The molecule has 0 aliphatic carbocycles. The Labute approximate surface area is 385 Å². The van der Waals surface area contributed by atoms with Crippen molar-refractivity contribution in [2.24, 2.45) is 0 Å². The summed E-state index contributed by atoms with van der Waals surface area (Å²) in [4.78, 5) is 7.28. The van der Waals surface area contributed by atoms with Gasteiger partial charge in [-0.25, -0.2) is 0 Å². The fourth-order valence-electron chi connectivity index (χ4n) is 6.96. The zero-order chi connectivity index (χ0) is 42.9. The van der Waals surface area contributed by atoms with Gasteiger partial charge in [-0.05, 0) is 57.9 Å². The molecule has 0 unspecified atom stereocenters. The molecule has 0 spiro atoms. The maximum absolute atomic E-state index is 14.6. The largest absolute Gasteiger partial charge is 3.00 e. The third-order valence-electron chi connectivity index (χ3n) is 10.5. The molecule has 7 aromatic carbocycles. The number of nitrogens with zero attached hydrogens (tertiary/aromatic N) is 2. The first-order valence-electron chi connectivity index (χ1n) is 20.7. The Kier molecular flexibility index (Phi) is 15.0. The van der Waals surface area contributed by atoms with Gasteiger partial charge >= 0.3 is 22.4 Å². The zero-order valence-electron chi connectivity index (χ0n) is 36.2. The third-order valence-corrected chi connectivity index (χ3v) is 13.2. The van der Waals surface area contributed by atoms with E-state index in [0.29, 0.717) is 0 Å². The maximum Gasteiger partial charge on any atom is 3.00 e. The summed E-state index contributed by atoms with van der Waals surface area (Å²) in [5, 5.41) is 1.61. The predicted octanol–water partition coefficient (Wildman–Crippen LogP) is 14.5. The van der Waals surface area contributed by atoms with Crippen molar-refractivity contribution >= 4 is 40.9 Å². The fourth-order valence-corrected chi connectivity index (χ4v) is 9.22. The Bertz CT molecular complexity index is 2480. The van der Waals surface area contributed by atoms with Gasteiger partial charge in [0.05, 0.1) is 0 Å². The molecule has 0 saturated carbocycles. The van der Waals surface area contributed by atoms with E-state index in [-0.39, 0.29) is 33.2 Å².